The topological polar surface area (TPSA) is 115 Å². The minimum atomic E-state index is -0.601. The molecule has 0 atom stereocenters. The Kier molecular flexibility index (Phi) is 2.06. The number of H-pyrrole nitrogens is 3. The summed E-state index contributed by atoms with van der Waals surface area (Å²) >= 11 is 0. The molecular weight excluding hydrogens is 236 g/mol. The number of imidazole rings is 1. The number of fused-ring (bicyclic) bond motifs is 1. The van der Waals surface area contributed by atoms with E-state index in [1.807, 2.05) is 0 Å². The van der Waals surface area contributed by atoms with Gasteiger partial charge in [-0.15, -0.1) is 0 Å². The van der Waals surface area contributed by atoms with Crippen LogP contribution in [0.25, 0.3) is 22.6 Å². The Labute approximate surface area is 99.2 Å². The normalized spacial score (nSPS) is 10.9. The van der Waals surface area contributed by atoms with Gasteiger partial charge in [-0.25, -0.2) is 9.78 Å². The van der Waals surface area contributed by atoms with Crippen LogP contribution >= 0.6 is 0 Å². The molecule has 0 aliphatic heterocycles. The largest absolute Gasteiger partial charge is 0.508 e. The van der Waals surface area contributed by atoms with Crippen molar-refractivity contribution in [1.82, 2.24) is 19.9 Å². The molecule has 0 saturated heterocycles. The third-order valence-electron chi connectivity index (χ3n) is 2.53. The van der Waals surface area contributed by atoms with Gasteiger partial charge in [0.25, 0.3) is 5.56 Å². The molecule has 0 radical (unpaired) electrons. The van der Waals surface area contributed by atoms with Crippen LogP contribution in [0.3, 0.4) is 0 Å². The SMILES string of the molecule is O=c1[nH]c(=O)c2[nH]c(-c3ccc(O)cc3)nc2[nH]1. The first-order valence-electron chi connectivity index (χ1n) is 5.15. The molecule has 0 amide bonds. The molecule has 0 spiro atoms. The van der Waals surface area contributed by atoms with Gasteiger partial charge in [-0.05, 0) is 24.3 Å². The van der Waals surface area contributed by atoms with E-state index in [9.17, 15) is 14.7 Å². The Morgan fingerprint density at radius 3 is 2.44 bits per heavy atom. The molecule has 90 valence electrons. The van der Waals surface area contributed by atoms with E-state index in [1.54, 1.807) is 12.1 Å². The predicted octanol–water partition coefficient (Wildman–Crippen LogP) is 0.312. The maximum absolute atomic E-state index is 11.5. The molecule has 4 N–H and O–H groups in total. The van der Waals surface area contributed by atoms with Crippen LogP contribution in [0.5, 0.6) is 5.75 Å². The number of aromatic amines is 3. The number of nitrogens with zero attached hydrogens (tertiary/aromatic N) is 1. The van der Waals surface area contributed by atoms with Gasteiger partial charge < -0.3 is 10.1 Å². The average molecular weight is 244 g/mol. The number of hydrogen-bond donors (Lipinski definition) is 4. The number of nitrogens with one attached hydrogen (secondary N) is 3. The highest BCUT2D eigenvalue weighted by Gasteiger charge is 2.08. The average Bonchev–Trinajstić information content (AvgIpc) is 2.74. The van der Waals surface area contributed by atoms with Crippen molar-refractivity contribution in [3.63, 3.8) is 0 Å². The number of aromatic nitrogens is 4. The van der Waals surface area contributed by atoms with Crippen molar-refractivity contribution in [2.75, 3.05) is 0 Å². The molecule has 0 unspecified atom stereocenters. The summed E-state index contributed by atoms with van der Waals surface area (Å²) in [6, 6.07) is 6.32. The lowest BCUT2D eigenvalue weighted by molar-refractivity contribution is 0.475. The maximum atomic E-state index is 11.5. The van der Waals surface area contributed by atoms with E-state index in [-0.39, 0.29) is 16.9 Å². The van der Waals surface area contributed by atoms with Crippen molar-refractivity contribution >= 4 is 11.2 Å². The lowest BCUT2D eigenvalue weighted by Crippen LogP contribution is -2.21. The second-order valence-corrected chi connectivity index (χ2v) is 3.76. The zero-order valence-corrected chi connectivity index (χ0v) is 9.02. The molecular formula is C11H8N4O3. The summed E-state index contributed by atoms with van der Waals surface area (Å²) in [6.45, 7) is 0. The Balaban J connectivity index is 2.25. The summed E-state index contributed by atoms with van der Waals surface area (Å²) in [4.78, 5) is 34.1. The first-order valence-corrected chi connectivity index (χ1v) is 5.15. The molecule has 1 aromatic carbocycles. The number of phenols is 1. The fraction of sp³-hybridized carbons (Fsp3) is 0. The second kappa shape index (κ2) is 3.59. The molecule has 0 aliphatic rings. The smallest absolute Gasteiger partial charge is 0.327 e. The van der Waals surface area contributed by atoms with Crippen LogP contribution in [-0.4, -0.2) is 25.0 Å². The molecule has 18 heavy (non-hydrogen) atoms. The van der Waals surface area contributed by atoms with Crippen LogP contribution in [0, 0.1) is 0 Å². The first kappa shape index (κ1) is 10.3. The summed E-state index contributed by atoms with van der Waals surface area (Å²) in [5.74, 6) is 0.582. The van der Waals surface area contributed by atoms with Crippen molar-refractivity contribution in [3.05, 3.63) is 45.1 Å². The van der Waals surface area contributed by atoms with Gasteiger partial charge in [0.05, 0.1) is 0 Å². The fourth-order valence-electron chi connectivity index (χ4n) is 1.69. The van der Waals surface area contributed by atoms with Crippen LogP contribution < -0.4 is 11.2 Å². The number of hydrogen-bond acceptors (Lipinski definition) is 4. The zero-order valence-electron chi connectivity index (χ0n) is 9.02. The summed E-state index contributed by atoms with van der Waals surface area (Å²) in [7, 11) is 0. The van der Waals surface area contributed by atoms with E-state index >= 15 is 0 Å². The highest BCUT2D eigenvalue weighted by molar-refractivity contribution is 5.74. The third-order valence-corrected chi connectivity index (χ3v) is 2.53. The van der Waals surface area contributed by atoms with Gasteiger partial charge in [-0.3, -0.25) is 14.8 Å². The van der Waals surface area contributed by atoms with Crippen molar-refractivity contribution in [2.45, 2.75) is 0 Å². The van der Waals surface area contributed by atoms with Crippen molar-refractivity contribution in [2.24, 2.45) is 0 Å². The molecule has 3 rings (SSSR count). The summed E-state index contributed by atoms with van der Waals surface area (Å²) < 4.78 is 0. The van der Waals surface area contributed by atoms with Gasteiger partial charge in [0.1, 0.15) is 17.1 Å². The fourth-order valence-corrected chi connectivity index (χ4v) is 1.69. The molecule has 2 heterocycles. The van der Waals surface area contributed by atoms with Crippen molar-refractivity contribution in [1.29, 1.82) is 0 Å². The molecule has 7 heteroatoms. The van der Waals surface area contributed by atoms with Crippen LogP contribution in [0.1, 0.15) is 0 Å². The predicted molar refractivity (Wildman–Crippen MR) is 64.4 cm³/mol. The van der Waals surface area contributed by atoms with Gasteiger partial charge in [-0.1, -0.05) is 0 Å². The van der Waals surface area contributed by atoms with Gasteiger partial charge >= 0.3 is 5.69 Å². The number of rotatable bonds is 1. The van der Waals surface area contributed by atoms with Crippen molar-refractivity contribution in [3.8, 4) is 17.1 Å². The van der Waals surface area contributed by atoms with Gasteiger partial charge in [0, 0.05) is 5.56 Å². The van der Waals surface area contributed by atoms with E-state index in [1.165, 1.54) is 12.1 Å². The lowest BCUT2D eigenvalue weighted by Gasteiger charge is -1.95. The van der Waals surface area contributed by atoms with Crippen molar-refractivity contribution < 1.29 is 5.11 Å². The van der Waals surface area contributed by atoms with E-state index in [0.29, 0.717) is 11.4 Å². The van der Waals surface area contributed by atoms with E-state index in [4.69, 9.17) is 0 Å². The van der Waals surface area contributed by atoms with E-state index in [0.717, 1.165) is 0 Å². The maximum Gasteiger partial charge on any atom is 0.327 e. The van der Waals surface area contributed by atoms with Crippen LogP contribution in [0.2, 0.25) is 0 Å². The second-order valence-electron chi connectivity index (χ2n) is 3.76. The highest BCUT2D eigenvalue weighted by atomic mass is 16.3. The zero-order chi connectivity index (χ0) is 12.7. The van der Waals surface area contributed by atoms with Crippen LogP contribution in [-0.2, 0) is 0 Å². The van der Waals surface area contributed by atoms with Crippen LogP contribution in [0.15, 0.2) is 33.9 Å². The third kappa shape index (κ3) is 1.58. The Hall–Kier alpha value is -2.83. The quantitative estimate of drug-likeness (QED) is 0.493. The highest BCUT2D eigenvalue weighted by Crippen LogP contribution is 2.19. The number of benzene rings is 1. The number of aromatic hydroxyl groups is 1. The Bertz CT molecular complexity index is 826. The molecule has 0 bridgehead atoms. The molecule has 2 aromatic heterocycles. The van der Waals surface area contributed by atoms with Gasteiger partial charge in [-0.2, -0.15) is 0 Å². The Morgan fingerprint density at radius 2 is 1.72 bits per heavy atom. The standard InChI is InChI=1S/C11H8N4O3/c16-6-3-1-5(2-4-6)8-12-7-9(13-8)14-11(18)15-10(7)17/h1-4,16H,(H3,12,13,14,15,17,18). The Morgan fingerprint density at radius 1 is 1.00 bits per heavy atom. The van der Waals surface area contributed by atoms with Gasteiger partial charge in [0.15, 0.2) is 5.65 Å². The summed E-state index contributed by atoms with van der Waals surface area (Å²) in [5.41, 5.74) is -0.0173. The molecule has 3 aromatic rings. The minimum absolute atomic E-state index is 0.140. The summed E-state index contributed by atoms with van der Waals surface area (Å²) in [5, 5.41) is 9.19. The lowest BCUT2D eigenvalue weighted by atomic mass is 10.2. The number of phenolic OH excluding ortho intramolecular Hbond substituents is 1. The summed E-state index contributed by atoms with van der Waals surface area (Å²) in [6.07, 6.45) is 0. The van der Waals surface area contributed by atoms with E-state index in [2.05, 4.69) is 19.9 Å². The van der Waals surface area contributed by atoms with E-state index < -0.39 is 11.2 Å². The minimum Gasteiger partial charge on any atom is -0.508 e. The molecule has 0 fully saturated rings. The van der Waals surface area contributed by atoms with Gasteiger partial charge in [0.2, 0.25) is 0 Å². The molecule has 7 nitrogen and oxygen atoms in total. The monoisotopic (exact) mass is 244 g/mol. The molecule has 0 aliphatic carbocycles. The van der Waals surface area contributed by atoms with Crippen LogP contribution in [0.4, 0.5) is 0 Å². The first-order chi connectivity index (χ1) is 8.63. The molecule has 0 saturated carbocycles.